The number of rotatable bonds is 3. The van der Waals surface area contributed by atoms with E-state index in [-0.39, 0.29) is 17.6 Å². The molecule has 0 bridgehead atoms. The molecule has 0 saturated heterocycles. The van der Waals surface area contributed by atoms with E-state index < -0.39 is 0 Å². The standard InChI is InChI=1S/C11H11ClN2O/c12-6-10(15)11-9(7-13-14-11)8-4-2-1-3-5-8/h1-5,9,13H,6-7H2. The summed E-state index contributed by atoms with van der Waals surface area (Å²) in [5.41, 5.74) is 4.48. The van der Waals surface area contributed by atoms with Crippen LogP contribution >= 0.6 is 11.6 Å². The van der Waals surface area contributed by atoms with E-state index in [0.717, 1.165) is 5.56 Å². The molecule has 0 fully saturated rings. The van der Waals surface area contributed by atoms with E-state index in [1.807, 2.05) is 30.3 Å². The number of nitrogens with one attached hydrogen (secondary N) is 1. The average Bonchev–Trinajstić information content (AvgIpc) is 2.78. The molecule has 0 aromatic heterocycles. The number of Topliss-reactive ketones (excluding diaryl/α,β-unsaturated/α-hetero) is 1. The number of benzene rings is 1. The minimum atomic E-state index is -0.101. The van der Waals surface area contributed by atoms with E-state index in [1.165, 1.54) is 0 Å². The monoisotopic (exact) mass is 222 g/mol. The zero-order chi connectivity index (χ0) is 10.7. The summed E-state index contributed by atoms with van der Waals surface area (Å²) >= 11 is 5.53. The fourth-order valence-electron chi connectivity index (χ4n) is 1.68. The zero-order valence-electron chi connectivity index (χ0n) is 8.11. The second-order valence-electron chi connectivity index (χ2n) is 3.38. The van der Waals surface area contributed by atoms with Crippen molar-refractivity contribution in [3.8, 4) is 0 Å². The largest absolute Gasteiger partial charge is 0.309 e. The fourth-order valence-corrected chi connectivity index (χ4v) is 1.82. The molecule has 1 N–H and O–H groups in total. The Balaban J connectivity index is 2.25. The number of ketones is 1. The first kappa shape index (κ1) is 10.2. The lowest BCUT2D eigenvalue weighted by Gasteiger charge is -2.09. The van der Waals surface area contributed by atoms with E-state index in [0.29, 0.717) is 12.3 Å². The molecule has 1 aliphatic heterocycles. The van der Waals surface area contributed by atoms with Crippen LogP contribution in [0.5, 0.6) is 0 Å². The first-order valence-electron chi connectivity index (χ1n) is 4.77. The highest BCUT2D eigenvalue weighted by Gasteiger charge is 2.27. The van der Waals surface area contributed by atoms with E-state index in [1.54, 1.807) is 0 Å². The molecule has 0 radical (unpaired) electrons. The molecule has 2 rings (SSSR count). The number of hydrazone groups is 1. The number of hydrogen-bond donors (Lipinski definition) is 1. The van der Waals surface area contributed by atoms with Gasteiger partial charge in [0, 0.05) is 6.54 Å². The Bertz CT molecular complexity index is 389. The molecule has 1 unspecified atom stereocenters. The molecule has 0 spiro atoms. The minimum absolute atomic E-state index is 0.0101. The smallest absolute Gasteiger partial charge is 0.194 e. The molecule has 0 saturated carbocycles. The van der Waals surface area contributed by atoms with Crippen molar-refractivity contribution in [2.75, 3.05) is 12.4 Å². The number of hydrogen-bond acceptors (Lipinski definition) is 3. The Kier molecular flexibility index (Phi) is 3.02. The summed E-state index contributed by atoms with van der Waals surface area (Å²) in [5.74, 6) is -0.0721. The molecule has 0 aliphatic carbocycles. The van der Waals surface area contributed by atoms with Gasteiger partial charge in [0.15, 0.2) is 5.78 Å². The van der Waals surface area contributed by atoms with Gasteiger partial charge in [0.2, 0.25) is 0 Å². The second-order valence-corrected chi connectivity index (χ2v) is 3.65. The van der Waals surface area contributed by atoms with Gasteiger partial charge in [-0.2, -0.15) is 5.10 Å². The summed E-state index contributed by atoms with van der Waals surface area (Å²) in [7, 11) is 0. The van der Waals surface area contributed by atoms with Gasteiger partial charge < -0.3 is 5.43 Å². The van der Waals surface area contributed by atoms with Gasteiger partial charge in [-0.3, -0.25) is 4.79 Å². The predicted molar refractivity (Wildman–Crippen MR) is 60.3 cm³/mol. The van der Waals surface area contributed by atoms with E-state index in [4.69, 9.17) is 11.6 Å². The van der Waals surface area contributed by atoms with Crippen molar-refractivity contribution in [3.05, 3.63) is 35.9 Å². The van der Waals surface area contributed by atoms with Crippen LogP contribution in [0.4, 0.5) is 0 Å². The maximum absolute atomic E-state index is 11.5. The van der Waals surface area contributed by atoms with Gasteiger partial charge in [0.05, 0.1) is 11.8 Å². The molecule has 1 aromatic rings. The molecule has 3 nitrogen and oxygen atoms in total. The van der Waals surface area contributed by atoms with Crippen LogP contribution in [0.15, 0.2) is 35.4 Å². The van der Waals surface area contributed by atoms with Crippen LogP contribution in [0.3, 0.4) is 0 Å². The lowest BCUT2D eigenvalue weighted by atomic mass is 9.93. The van der Waals surface area contributed by atoms with Crippen molar-refractivity contribution in [1.82, 2.24) is 5.43 Å². The maximum atomic E-state index is 11.5. The number of carbonyl (C=O) groups is 1. The van der Waals surface area contributed by atoms with Crippen LogP contribution < -0.4 is 5.43 Å². The number of carbonyl (C=O) groups excluding carboxylic acids is 1. The van der Waals surface area contributed by atoms with Gasteiger partial charge in [0.25, 0.3) is 0 Å². The zero-order valence-corrected chi connectivity index (χ0v) is 8.87. The average molecular weight is 223 g/mol. The molecular weight excluding hydrogens is 212 g/mol. The molecular formula is C11H11ClN2O. The molecule has 1 aliphatic rings. The quantitative estimate of drug-likeness (QED) is 0.789. The van der Waals surface area contributed by atoms with Gasteiger partial charge in [-0.05, 0) is 5.56 Å². The first-order chi connectivity index (χ1) is 7.33. The van der Waals surface area contributed by atoms with Crippen LogP contribution in [0.2, 0.25) is 0 Å². The van der Waals surface area contributed by atoms with Gasteiger partial charge in [-0.1, -0.05) is 30.3 Å². The van der Waals surface area contributed by atoms with Crippen molar-refractivity contribution >= 4 is 23.1 Å². The highest BCUT2D eigenvalue weighted by molar-refractivity contribution is 6.50. The third kappa shape index (κ3) is 2.02. The molecule has 4 heteroatoms. The third-order valence-electron chi connectivity index (χ3n) is 2.43. The van der Waals surface area contributed by atoms with E-state index in [2.05, 4.69) is 10.5 Å². The van der Waals surface area contributed by atoms with Gasteiger partial charge >= 0.3 is 0 Å². The SMILES string of the molecule is O=C(CCl)C1=NNCC1c1ccccc1. The van der Waals surface area contributed by atoms with Crippen molar-refractivity contribution in [2.24, 2.45) is 5.10 Å². The molecule has 0 amide bonds. The Labute approximate surface area is 93.1 Å². The van der Waals surface area contributed by atoms with Gasteiger partial charge in [-0.15, -0.1) is 11.6 Å². The van der Waals surface area contributed by atoms with Crippen molar-refractivity contribution in [3.63, 3.8) is 0 Å². The van der Waals surface area contributed by atoms with Crippen LogP contribution in [0.1, 0.15) is 11.5 Å². The minimum Gasteiger partial charge on any atom is -0.309 e. The number of nitrogens with zero attached hydrogens (tertiary/aromatic N) is 1. The van der Waals surface area contributed by atoms with E-state index in [9.17, 15) is 4.79 Å². The molecule has 1 atom stereocenters. The lowest BCUT2D eigenvalue weighted by Crippen LogP contribution is -2.22. The highest BCUT2D eigenvalue weighted by atomic mass is 35.5. The summed E-state index contributed by atoms with van der Waals surface area (Å²) in [6.07, 6.45) is 0. The third-order valence-corrected chi connectivity index (χ3v) is 2.68. The summed E-state index contributed by atoms with van der Waals surface area (Å²) < 4.78 is 0. The first-order valence-corrected chi connectivity index (χ1v) is 5.31. The Hall–Kier alpha value is -1.35. The molecule has 1 heterocycles. The van der Waals surface area contributed by atoms with Crippen LogP contribution in [0, 0.1) is 0 Å². The summed E-state index contributed by atoms with van der Waals surface area (Å²) in [4.78, 5) is 11.5. The van der Waals surface area contributed by atoms with Gasteiger partial charge in [0.1, 0.15) is 5.71 Å². The highest BCUT2D eigenvalue weighted by Crippen LogP contribution is 2.20. The van der Waals surface area contributed by atoms with Crippen LogP contribution in [0.25, 0.3) is 0 Å². The maximum Gasteiger partial charge on any atom is 0.194 e. The second kappa shape index (κ2) is 4.45. The topological polar surface area (TPSA) is 41.5 Å². The van der Waals surface area contributed by atoms with Crippen LogP contribution in [-0.2, 0) is 4.79 Å². The Morgan fingerprint density at radius 2 is 2.20 bits per heavy atom. The normalized spacial score (nSPS) is 19.5. The Morgan fingerprint density at radius 3 is 2.87 bits per heavy atom. The van der Waals surface area contributed by atoms with Gasteiger partial charge in [-0.25, -0.2) is 0 Å². The summed E-state index contributed by atoms with van der Waals surface area (Å²) in [5, 5.41) is 4.00. The predicted octanol–water partition coefficient (Wildman–Crippen LogP) is 1.54. The molecule has 78 valence electrons. The lowest BCUT2D eigenvalue weighted by molar-refractivity contribution is -0.110. The fraction of sp³-hybridized carbons (Fsp3) is 0.273. The summed E-state index contributed by atoms with van der Waals surface area (Å²) in [6.45, 7) is 0.669. The van der Waals surface area contributed by atoms with Crippen LogP contribution in [-0.4, -0.2) is 23.9 Å². The molecule has 15 heavy (non-hydrogen) atoms. The van der Waals surface area contributed by atoms with Crippen molar-refractivity contribution in [1.29, 1.82) is 0 Å². The molecule has 1 aromatic carbocycles. The Morgan fingerprint density at radius 1 is 1.47 bits per heavy atom. The van der Waals surface area contributed by atoms with Crippen molar-refractivity contribution < 1.29 is 4.79 Å². The number of halogens is 1. The van der Waals surface area contributed by atoms with E-state index >= 15 is 0 Å². The number of alkyl halides is 1. The summed E-state index contributed by atoms with van der Waals surface area (Å²) in [6, 6.07) is 9.85. The van der Waals surface area contributed by atoms with Crippen molar-refractivity contribution in [2.45, 2.75) is 5.92 Å².